The minimum absolute atomic E-state index is 0.179. The molecule has 0 saturated carbocycles. The zero-order valence-electron chi connectivity index (χ0n) is 15.7. The zero-order valence-corrected chi connectivity index (χ0v) is 17.4. The number of hydrogen-bond acceptors (Lipinski definition) is 7. The van der Waals surface area contributed by atoms with Crippen LogP contribution in [0.3, 0.4) is 0 Å². The number of para-hydroxylation sites is 1. The van der Waals surface area contributed by atoms with Gasteiger partial charge in [0.05, 0.1) is 16.6 Å². The van der Waals surface area contributed by atoms with Crippen molar-refractivity contribution in [3.63, 3.8) is 0 Å². The molecule has 28 heavy (non-hydrogen) atoms. The fourth-order valence-electron chi connectivity index (χ4n) is 3.02. The summed E-state index contributed by atoms with van der Waals surface area (Å²) in [5.74, 6) is 1.19. The summed E-state index contributed by atoms with van der Waals surface area (Å²) in [6.45, 7) is 5.77. The number of nitrogens with one attached hydrogen (secondary N) is 2. The van der Waals surface area contributed by atoms with Gasteiger partial charge in [0.1, 0.15) is 21.5 Å². The normalized spacial score (nSPS) is 11.0. The van der Waals surface area contributed by atoms with Gasteiger partial charge in [-0.1, -0.05) is 25.1 Å². The third-order valence-electron chi connectivity index (χ3n) is 4.41. The molecule has 2 N–H and O–H groups in total. The first-order valence-electron chi connectivity index (χ1n) is 8.91. The van der Waals surface area contributed by atoms with Crippen LogP contribution in [-0.2, 0) is 6.42 Å². The average Bonchev–Trinajstić information content (AvgIpc) is 3.28. The molecule has 4 aromatic rings. The number of benzene rings is 1. The predicted octanol–water partition coefficient (Wildman–Crippen LogP) is 5.32. The van der Waals surface area contributed by atoms with Crippen molar-refractivity contribution < 1.29 is 4.79 Å². The summed E-state index contributed by atoms with van der Waals surface area (Å²) in [5, 5.41) is 9.93. The first-order chi connectivity index (χ1) is 13.6. The van der Waals surface area contributed by atoms with E-state index in [0.29, 0.717) is 27.9 Å². The van der Waals surface area contributed by atoms with E-state index in [9.17, 15) is 4.79 Å². The quantitative estimate of drug-likeness (QED) is 0.466. The topological polar surface area (TPSA) is 79.8 Å². The second-order valence-corrected chi connectivity index (χ2v) is 7.99. The molecule has 1 aromatic carbocycles. The molecule has 8 heteroatoms. The maximum atomic E-state index is 13.0. The van der Waals surface area contributed by atoms with Gasteiger partial charge < -0.3 is 10.6 Å². The van der Waals surface area contributed by atoms with Gasteiger partial charge in [0, 0.05) is 5.69 Å². The van der Waals surface area contributed by atoms with Gasteiger partial charge >= 0.3 is 0 Å². The maximum absolute atomic E-state index is 13.0. The fourth-order valence-corrected chi connectivity index (χ4v) is 4.63. The molecule has 0 radical (unpaired) electrons. The van der Waals surface area contributed by atoms with E-state index in [-0.39, 0.29) is 5.91 Å². The minimum Gasteiger partial charge on any atom is -0.329 e. The highest BCUT2D eigenvalue weighted by molar-refractivity contribution is 7.16. The number of rotatable bonds is 5. The number of thiophene rings is 1. The summed E-state index contributed by atoms with van der Waals surface area (Å²) in [4.78, 5) is 22.9. The van der Waals surface area contributed by atoms with Crippen LogP contribution in [0.25, 0.3) is 10.2 Å². The molecule has 0 spiro atoms. The molecule has 3 heterocycles. The van der Waals surface area contributed by atoms with E-state index in [1.165, 1.54) is 11.5 Å². The standard InChI is InChI=1S/C20H19N5OS2/c1-4-13-7-5-6-8-15(13)23-18(26)16-11(2)25-28-20(16)24-17-14-9-10-27-19(14)22-12(3)21-17/h5-10H,4H2,1-3H3,(H,23,26)(H,21,22,24). The SMILES string of the molecule is CCc1ccccc1NC(=O)c1c(C)nsc1Nc1nc(C)nc2sccc12. The highest BCUT2D eigenvalue weighted by Crippen LogP contribution is 2.32. The van der Waals surface area contributed by atoms with Crippen LogP contribution in [0.2, 0.25) is 0 Å². The van der Waals surface area contributed by atoms with Crippen molar-refractivity contribution in [3.8, 4) is 0 Å². The molecule has 0 saturated heterocycles. The molecular weight excluding hydrogens is 390 g/mol. The fraction of sp³-hybridized carbons (Fsp3) is 0.200. The first-order valence-corrected chi connectivity index (χ1v) is 10.6. The Hall–Kier alpha value is -2.84. The Labute approximate surface area is 170 Å². The van der Waals surface area contributed by atoms with Crippen molar-refractivity contribution in [1.29, 1.82) is 0 Å². The molecular formula is C20H19N5OS2. The number of anilines is 3. The molecule has 0 aliphatic heterocycles. The highest BCUT2D eigenvalue weighted by atomic mass is 32.1. The Morgan fingerprint density at radius 1 is 1.14 bits per heavy atom. The Kier molecular flexibility index (Phi) is 5.06. The highest BCUT2D eigenvalue weighted by Gasteiger charge is 2.21. The number of carbonyl (C=O) groups excluding carboxylic acids is 1. The van der Waals surface area contributed by atoms with E-state index in [0.717, 1.165) is 27.9 Å². The predicted molar refractivity (Wildman–Crippen MR) is 116 cm³/mol. The lowest BCUT2D eigenvalue weighted by molar-refractivity contribution is 0.102. The Morgan fingerprint density at radius 2 is 1.96 bits per heavy atom. The molecule has 0 aliphatic rings. The lowest BCUT2D eigenvalue weighted by Gasteiger charge is -2.11. The number of aromatic nitrogens is 3. The molecule has 4 rings (SSSR count). The molecule has 142 valence electrons. The summed E-state index contributed by atoms with van der Waals surface area (Å²) >= 11 is 2.82. The monoisotopic (exact) mass is 409 g/mol. The molecule has 6 nitrogen and oxygen atoms in total. The second kappa shape index (κ2) is 7.65. The van der Waals surface area contributed by atoms with Gasteiger partial charge in [0.25, 0.3) is 5.91 Å². The largest absolute Gasteiger partial charge is 0.329 e. The lowest BCUT2D eigenvalue weighted by atomic mass is 10.1. The van der Waals surface area contributed by atoms with Crippen LogP contribution in [0.1, 0.15) is 34.4 Å². The summed E-state index contributed by atoms with van der Waals surface area (Å²) in [7, 11) is 0. The van der Waals surface area contributed by atoms with Gasteiger partial charge in [-0.05, 0) is 54.9 Å². The number of amides is 1. The van der Waals surface area contributed by atoms with E-state index in [1.54, 1.807) is 11.3 Å². The molecule has 0 unspecified atom stereocenters. The molecule has 0 bridgehead atoms. The van der Waals surface area contributed by atoms with Gasteiger partial charge in [-0.3, -0.25) is 4.79 Å². The van der Waals surface area contributed by atoms with Crippen LogP contribution < -0.4 is 10.6 Å². The average molecular weight is 410 g/mol. The van der Waals surface area contributed by atoms with Crippen molar-refractivity contribution in [2.45, 2.75) is 27.2 Å². The van der Waals surface area contributed by atoms with E-state index < -0.39 is 0 Å². The van der Waals surface area contributed by atoms with Crippen molar-refractivity contribution in [2.24, 2.45) is 0 Å². The Morgan fingerprint density at radius 3 is 2.79 bits per heavy atom. The molecule has 1 amide bonds. The maximum Gasteiger partial charge on any atom is 0.260 e. The van der Waals surface area contributed by atoms with Gasteiger partial charge in [0.2, 0.25) is 0 Å². The van der Waals surface area contributed by atoms with E-state index >= 15 is 0 Å². The Balaban J connectivity index is 1.67. The van der Waals surface area contributed by atoms with E-state index in [2.05, 4.69) is 31.9 Å². The van der Waals surface area contributed by atoms with Crippen LogP contribution in [0.15, 0.2) is 35.7 Å². The number of aryl methyl sites for hydroxylation is 3. The van der Waals surface area contributed by atoms with Crippen molar-refractivity contribution in [2.75, 3.05) is 10.6 Å². The van der Waals surface area contributed by atoms with Crippen LogP contribution in [0, 0.1) is 13.8 Å². The summed E-state index contributed by atoms with van der Waals surface area (Å²) in [5.41, 5.74) is 3.14. The number of fused-ring (bicyclic) bond motifs is 1. The van der Waals surface area contributed by atoms with Crippen LogP contribution in [0.5, 0.6) is 0 Å². The van der Waals surface area contributed by atoms with Crippen molar-refractivity contribution in [1.82, 2.24) is 14.3 Å². The minimum atomic E-state index is -0.179. The smallest absolute Gasteiger partial charge is 0.260 e. The number of nitrogens with zero attached hydrogens (tertiary/aromatic N) is 3. The summed E-state index contributed by atoms with van der Waals surface area (Å²) < 4.78 is 4.39. The van der Waals surface area contributed by atoms with Crippen molar-refractivity contribution >= 4 is 55.5 Å². The van der Waals surface area contributed by atoms with Gasteiger partial charge in [-0.25, -0.2) is 9.97 Å². The third-order valence-corrected chi connectivity index (χ3v) is 6.07. The number of hydrogen-bond donors (Lipinski definition) is 2. The second-order valence-electron chi connectivity index (χ2n) is 6.32. The molecule has 0 atom stereocenters. The Bertz CT molecular complexity index is 1160. The third kappa shape index (κ3) is 3.48. The van der Waals surface area contributed by atoms with Gasteiger partial charge in [-0.15, -0.1) is 11.3 Å². The summed E-state index contributed by atoms with van der Waals surface area (Å²) in [6, 6.07) is 9.81. The van der Waals surface area contributed by atoms with Gasteiger partial charge in [-0.2, -0.15) is 4.37 Å². The zero-order chi connectivity index (χ0) is 19.7. The van der Waals surface area contributed by atoms with Crippen LogP contribution >= 0.6 is 22.9 Å². The van der Waals surface area contributed by atoms with Gasteiger partial charge in [0.15, 0.2) is 0 Å². The van der Waals surface area contributed by atoms with E-state index in [4.69, 9.17) is 0 Å². The van der Waals surface area contributed by atoms with Crippen LogP contribution in [-0.4, -0.2) is 20.2 Å². The van der Waals surface area contributed by atoms with Crippen molar-refractivity contribution in [3.05, 3.63) is 58.4 Å². The van der Waals surface area contributed by atoms with Crippen LogP contribution in [0.4, 0.5) is 16.5 Å². The summed E-state index contributed by atoms with van der Waals surface area (Å²) in [6.07, 6.45) is 0.846. The molecule has 0 aliphatic carbocycles. The first kappa shape index (κ1) is 18.5. The van der Waals surface area contributed by atoms with E-state index in [1.807, 2.05) is 49.6 Å². The molecule has 3 aromatic heterocycles. The number of carbonyl (C=O) groups is 1. The molecule has 0 fully saturated rings. The lowest BCUT2D eigenvalue weighted by Crippen LogP contribution is -2.15.